The summed E-state index contributed by atoms with van der Waals surface area (Å²) >= 11 is 0. The second-order valence-electron chi connectivity index (χ2n) is 8.38. The third-order valence-electron chi connectivity index (χ3n) is 5.92. The Bertz CT molecular complexity index is 706. The first kappa shape index (κ1) is 19.8. The summed E-state index contributed by atoms with van der Waals surface area (Å²) < 4.78 is 1.85. The van der Waals surface area contributed by atoms with Crippen molar-refractivity contribution < 1.29 is 14.7 Å². The smallest absolute Gasteiger partial charge is 0.229 e. The molecule has 27 heavy (non-hydrogen) atoms. The average Bonchev–Trinajstić information content (AvgIpc) is 3.07. The fourth-order valence-electron chi connectivity index (χ4n) is 3.78. The minimum Gasteiger partial charge on any atom is -0.386 e. The summed E-state index contributed by atoms with van der Waals surface area (Å²) in [6.45, 7) is 5.73. The largest absolute Gasteiger partial charge is 0.386 e. The van der Waals surface area contributed by atoms with Crippen LogP contribution in [0.25, 0.3) is 0 Å². The highest BCUT2D eigenvalue weighted by Crippen LogP contribution is 2.34. The minimum atomic E-state index is -0.923. The lowest BCUT2D eigenvalue weighted by molar-refractivity contribution is -0.145. The van der Waals surface area contributed by atoms with Gasteiger partial charge in [0, 0.05) is 26.1 Å². The minimum absolute atomic E-state index is 0.0116. The molecule has 8 nitrogen and oxygen atoms in total. The summed E-state index contributed by atoms with van der Waals surface area (Å²) in [4.78, 5) is 30.6. The number of aliphatic hydroxyl groups is 1. The molecule has 1 aromatic heterocycles. The number of likely N-dealkylation sites (tertiary alicyclic amines) is 1. The monoisotopic (exact) mass is 377 g/mol. The van der Waals surface area contributed by atoms with E-state index in [2.05, 4.69) is 24.0 Å². The van der Waals surface area contributed by atoms with Crippen LogP contribution in [-0.4, -0.2) is 82.2 Å². The van der Waals surface area contributed by atoms with E-state index < -0.39 is 6.10 Å². The highest BCUT2D eigenvalue weighted by molar-refractivity contribution is 5.82. The lowest BCUT2D eigenvalue weighted by Gasteiger charge is -2.41. The number of rotatable bonds is 4. The average molecular weight is 377 g/mol. The molecular weight excluding hydrogens is 346 g/mol. The van der Waals surface area contributed by atoms with Gasteiger partial charge in [-0.15, -0.1) is 0 Å². The van der Waals surface area contributed by atoms with Crippen LogP contribution < -0.4 is 0 Å². The van der Waals surface area contributed by atoms with Crippen molar-refractivity contribution >= 4 is 11.8 Å². The van der Waals surface area contributed by atoms with Gasteiger partial charge in [-0.1, -0.05) is 6.92 Å². The van der Waals surface area contributed by atoms with Crippen molar-refractivity contribution in [1.82, 2.24) is 24.5 Å². The summed E-state index contributed by atoms with van der Waals surface area (Å²) in [7, 11) is 5.43. The third-order valence-corrected chi connectivity index (χ3v) is 5.92. The molecule has 1 atom stereocenters. The van der Waals surface area contributed by atoms with E-state index in [4.69, 9.17) is 0 Å². The molecule has 1 fully saturated rings. The van der Waals surface area contributed by atoms with E-state index in [1.165, 1.54) is 4.90 Å². The number of hydrogen-bond donors (Lipinski definition) is 1. The number of piperidine rings is 1. The molecule has 8 heteroatoms. The molecule has 3 heterocycles. The van der Waals surface area contributed by atoms with E-state index in [0.29, 0.717) is 25.3 Å². The van der Waals surface area contributed by atoms with Gasteiger partial charge in [-0.05, 0) is 39.0 Å². The van der Waals surface area contributed by atoms with Crippen molar-refractivity contribution in [2.75, 3.05) is 40.8 Å². The Kier molecular flexibility index (Phi) is 5.58. The third kappa shape index (κ3) is 4.16. The van der Waals surface area contributed by atoms with Gasteiger partial charge in [0.05, 0.1) is 30.9 Å². The number of hydrogen-bond acceptors (Lipinski definition) is 5. The van der Waals surface area contributed by atoms with Crippen molar-refractivity contribution in [3.8, 4) is 0 Å². The van der Waals surface area contributed by atoms with E-state index in [1.54, 1.807) is 14.1 Å². The van der Waals surface area contributed by atoms with Crippen LogP contribution in [0.2, 0.25) is 0 Å². The molecule has 0 spiro atoms. The molecule has 2 aliphatic rings. The Hall–Kier alpha value is -1.93. The molecule has 2 aliphatic heterocycles. The van der Waals surface area contributed by atoms with E-state index in [0.717, 1.165) is 31.6 Å². The van der Waals surface area contributed by atoms with Crippen LogP contribution in [0, 0.1) is 5.41 Å². The first-order valence-corrected chi connectivity index (χ1v) is 9.62. The topological polar surface area (TPSA) is 81.9 Å². The molecule has 1 aromatic rings. The number of carbonyl (C=O) groups excluding carboxylic acids is 2. The standard InChI is InChI=1S/C19H31N5O3/c1-19(5-7-22(4)8-6-19)18(27)23-9-10-24-14(13-23)11-15(20-24)16(25)12-17(26)21(2)3/h11,16,25H,5-10,12-13H2,1-4H3/t16-/m1/s1. The molecular formula is C19H31N5O3. The maximum atomic E-state index is 13.1. The van der Waals surface area contributed by atoms with Crippen molar-refractivity contribution in [2.24, 2.45) is 5.41 Å². The predicted molar refractivity (Wildman–Crippen MR) is 101 cm³/mol. The Morgan fingerprint density at radius 1 is 1.26 bits per heavy atom. The molecule has 3 rings (SSSR count). The van der Waals surface area contributed by atoms with Gasteiger partial charge in [0.15, 0.2) is 0 Å². The van der Waals surface area contributed by atoms with Crippen LogP contribution in [0.4, 0.5) is 0 Å². The van der Waals surface area contributed by atoms with E-state index in [9.17, 15) is 14.7 Å². The van der Waals surface area contributed by atoms with Crippen LogP contribution in [0.15, 0.2) is 6.07 Å². The highest BCUT2D eigenvalue weighted by atomic mass is 16.3. The Labute approximate surface area is 160 Å². The molecule has 0 bridgehead atoms. The second kappa shape index (κ2) is 7.59. The maximum absolute atomic E-state index is 13.1. The zero-order chi connectivity index (χ0) is 19.8. The molecule has 0 unspecified atom stereocenters. The maximum Gasteiger partial charge on any atom is 0.229 e. The van der Waals surface area contributed by atoms with Gasteiger partial charge in [-0.3, -0.25) is 14.3 Å². The molecule has 0 radical (unpaired) electrons. The molecule has 0 aliphatic carbocycles. The Morgan fingerprint density at radius 3 is 2.56 bits per heavy atom. The van der Waals surface area contributed by atoms with E-state index in [1.807, 2.05) is 15.6 Å². The first-order chi connectivity index (χ1) is 12.7. The normalized spacial score (nSPS) is 20.9. The fraction of sp³-hybridized carbons (Fsp3) is 0.737. The Balaban J connectivity index is 1.67. The summed E-state index contributed by atoms with van der Waals surface area (Å²) in [6.07, 6.45) is 0.856. The lowest BCUT2D eigenvalue weighted by atomic mass is 9.79. The zero-order valence-corrected chi connectivity index (χ0v) is 16.8. The van der Waals surface area contributed by atoms with Crippen molar-refractivity contribution in [3.05, 3.63) is 17.5 Å². The Morgan fingerprint density at radius 2 is 1.93 bits per heavy atom. The van der Waals surface area contributed by atoms with Crippen LogP contribution >= 0.6 is 0 Å². The summed E-state index contributed by atoms with van der Waals surface area (Å²) in [5.74, 6) is 0.0772. The second-order valence-corrected chi connectivity index (χ2v) is 8.38. The fourth-order valence-corrected chi connectivity index (χ4v) is 3.78. The first-order valence-electron chi connectivity index (χ1n) is 9.62. The number of fused-ring (bicyclic) bond motifs is 1. The summed E-state index contributed by atoms with van der Waals surface area (Å²) in [5.41, 5.74) is 1.12. The molecule has 150 valence electrons. The van der Waals surface area contributed by atoms with Gasteiger partial charge in [0.25, 0.3) is 0 Å². The van der Waals surface area contributed by atoms with Gasteiger partial charge < -0.3 is 19.8 Å². The van der Waals surface area contributed by atoms with Gasteiger partial charge in [-0.25, -0.2) is 0 Å². The van der Waals surface area contributed by atoms with Gasteiger partial charge >= 0.3 is 0 Å². The number of aliphatic hydroxyl groups excluding tert-OH is 1. The van der Waals surface area contributed by atoms with Crippen LogP contribution in [0.3, 0.4) is 0 Å². The summed E-state index contributed by atoms with van der Waals surface area (Å²) in [6, 6.07) is 1.82. The van der Waals surface area contributed by atoms with E-state index in [-0.39, 0.29) is 23.7 Å². The number of aromatic nitrogens is 2. The van der Waals surface area contributed by atoms with Crippen molar-refractivity contribution in [1.29, 1.82) is 0 Å². The van der Waals surface area contributed by atoms with Crippen LogP contribution in [0.5, 0.6) is 0 Å². The van der Waals surface area contributed by atoms with Gasteiger partial charge in [0.2, 0.25) is 11.8 Å². The number of carbonyl (C=O) groups is 2. The molecule has 1 saturated heterocycles. The number of nitrogens with zero attached hydrogens (tertiary/aromatic N) is 5. The van der Waals surface area contributed by atoms with Crippen LogP contribution in [-0.2, 0) is 22.7 Å². The van der Waals surface area contributed by atoms with Crippen molar-refractivity contribution in [2.45, 2.75) is 45.4 Å². The quantitative estimate of drug-likeness (QED) is 0.825. The lowest BCUT2D eigenvalue weighted by Crippen LogP contribution is -2.50. The predicted octanol–water partition coefficient (Wildman–Crippen LogP) is 0.469. The molecule has 0 aromatic carbocycles. The van der Waals surface area contributed by atoms with E-state index >= 15 is 0 Å². The zero-order valence-electron chi connectivity index (χ0n) is 16.8. The van der Waals surface area contributed by atoms with Crippen LogP contribution in [0.1, 0.15) is 43.7 Å². The molecule has 2 amide bonds. The van der Waals surface area contributed by atoms with Gasteiger partial charge in [-0.2, -0.15) is 5.10 Å². The SMILES string of the molecule is CN1CCC(C)(C(=O)N2CCn3nc([C@H](O)CC(=O)N(C)C)cc3C2)CC1. The molecule has 1 N–H and O–H groups in total. The highest BCUT2D eigenvalue weighted by Gasteiger charge is 2.40. The molecule has 0 saturated carbocycles. The number of amides is 2. The van der Waals surface area contributed by atoms with Gasteiger partial charge in [0.1, 0.15) is 6.10 Å². The van der Waals surface area contributed by atoms with Crippen molar-refractivity contribution in [3.63, 3.8) is 0 Å². The summed E-state index contributed by atoms with van der Waals surface area (Å²) in [5, 5.41) is 14.8.